The Morgan fingerprint density at radius 3 is 2.28 bits per heavy atom. The number of hydrogen-bond donors (Lipinski definition) is 2. The molecule has 128 valence electrons. The second-order valence-corrected chi connectivity index (χ2v) is 7.45. The van der Waals surface area contributed by atoms with E-state index in [1.54, 1.807) is 16.7 Å². The first-order valence-corrected chi connectivity index (χ1v) is 9.26. The molecule has 3 rings (SSSR count). The molecule has 8 heteroatoms. The van der Waals surface area contributed by atoms with Crippen molar-refractivity contribution in [1.82, 2.24) is 9.55 Å². The fourth-order valence-corrected chi connectivity index (χ4v) is 2.98. The number of anilines is 3. The smallest absolute Gasteiger partial charge is 0.276 e. The van der Waals surface area contributed by atoms with Crippen molar-refractivity contribution in [2.24, 2.45) is 0 Å². The molecule has 25 heavy (non-hydrogen) atoms. The first-order chi connectivity index (χ1) is 11.8. The predicted molar refractivity (Wildman–Crippen MR) is 97.1 cm³/mol. The van der Waals surface area contributed by atoms with Gasteiger partial charge in [0.15, 0.2) is 9.84 Å². The number of para-hydroxylation sites is 1. The zero-order valence-corrected chi connectivity index (χ0v) is 14.2. The van der Waals surface area contributed by atoms with Gasteiger partial charge < -0.3 is 11.1 Å². The summed E-state index contributed by atoms with van der Waals surface area (Å²) in [5.41, 5.74) is 6.84. The van der Waals surface area contributed by atoms with E-state index in [1.807, 2.05) is 30.3 Å². The highest BCUT2D eigenvalue weighted by molar-refractivity contribution is 7.90. The lowest BCUT2D eigenvalue weighted by molar-refractivity contribution is 0.602. The average molecular weight is 356 g/mol. The molecule has 0 saturated carbocycles. The third-order valence-corrected chi connectivity index (χ3v) is 4.64. The van der Waals surface area contributed by atoms with Gasteiger partial charge in [0.25, 0.3) is 5.56 Å². The van der Waals surface area contributed by atoms with E-state index in [1.165, 1.54) is 18.2 Å². The van der Waals surface area contributed by atoms with E-state index in [-0.39, 0.29) is 16.7 Å². The van der Waals surface area contributed by atoms with Gasteiger partial charge in [0.1, 0.15) is 5.82 Å². The van der Waals surface area contributed by atoms with Gasteiger partial charge in [0.05, 0.1) is 10.6 Å². The zero-order chi connectivity index (χ0) is 18.0. The molecule has 0 spiro atoms. The van der Waals surface area contributed by atoms with E-state index in [0.29, 0.717) is 5.69 Å². The molecule has 0 radical (unpaired) electrons. The normalized spacial score (nSPS) is 11.2. The van der Waals surface area contributed by atoms with E-state index in [9.17, 15) is 13.2 Å². The molecule has 7 nitrogen and oxygen atoms in total. The summed E-state index contributed by atoms with van der Waals surface area (Å²) in [6.45, 7) is 0. The third-order valence-electron chi connectivity index (χ3n) is 3.51. The maximum Gasteiger partial charge on any atom is 0.276 e. The first kappa shape index (κ1) is 16.7. The number of nitrogens with two attached hydrogens (primary N) is 1. The summed E-state index contributed by atoms with van der Waals surface area (Å²) in [6, 6.07) is 16.6. The molecule has 0 unspecified atom stereocenters. The number of sulfone groups is 1. The van der Waals surface area contributed by atoms with Crippen molar-refractivity contribution in [3.8, 4) is 5.69 Å². The van der Waals surface area contributed by atoms with Gasteiger partial charge in [-0.1, -0.05) is 18.2 Å². The van der Waals surface area contributed by atoms with Crippen LogP contribution in [-0.4, -0.2) is 24.2 Å². The summed E-state index contributed by atoms with van der Waals surface area (Å²) < 4.78 is 24.7. The molecule has 0 amide bonds. The van der Waals surface area contributed by atoms with Crippen LogP contribution in [-0.2, 0) is 9.84 Å². The quantitative estimate of drug-likeness (QED) is 0.740. The zero-order valence-electron chi connectivity index (χ0n) is 13.4. The Morgan fingerprint density at radius 2 is 1.68 bits per heavy atom. The summed E-state index contributed by atoms with van der Waals surface area (Å²) in [5.74, 6) is 0.425. The van der Waals surface area contributed by atoms with Gasteiger partial charge in [-0.2, -0.15) is 4.98 Å². The van der Waals surface area contributed by atoms with Gasteiger partial charge in [0.2, 0.25) is 5.95 Å². The summed E-state index contributed by atoms with van der Waals surface area (Å²) in [7, 11) is -3.30. The first-order valence-electron chi connectivity index (χ1n) is 7.37. The average Bonchev–Trinajstić information content (AvgIpc) is 2.55. The van der Waals surface area contributed by atoms with Crippen LogP contribution in [0.15, 0.2) is 70.4 Å². The van der Waals surface area contributed by atoms with Crippen molar-refractivity contribution in [3.05, 3.63) is 71.0 Å². The topological polar surface area (TPSA) is 107 Å². The molecule has 0 saturated heterocycles. The van der Waals surface area contributed by atoms with Crippen molar-refractivity contribution in [2.75, 3.05) is 17.3 Å². The fraction of sp³-hybridized carbons (Fsp3) is 0.0588. The number of nitrogen functional groups attached to an aromatic ring is 1. The number of nitrogens with one attached hydrogen (secondary N) is 1. The molecule has 1 heterocycles. The minimum absolute atomic E-state index is 0.186. The van der Waals surface area contributed by atoms with Crippen LogP contribution in [0, 0.1) is 0 Å². The standard InChI is InChI=1S/C17H16N4O3S/c1-25(23,24)14-9-7-13(8-10-14)21-15(18)11-16(22)20-17(21)19-12-5-3-2-4-6-12/h2-11H,18H2,1H3,(H,19,20,22). The van der Waals surface area contributed by atoms with Gasteiger partial charge in [-0.3, -0.25) is 9.36 Å². The van der Waals surface area contributed by atoms with Crippen LogP contribution in [0.5, 0.6) is 0 Å². The number of nitrogens with zero attached hydrogens (tertiary/aromatic N) is 2. The molecule has 3 aromatic rings. The van der Waals surface area contributed by atoms with Crippen molar-refractivity contribution in [1.29, 1.82) is 0 Å². The Balaban J connectivity index is 2.10. The van der Waals surface area contributed by atoms with E-state index >= 15 is 0 Å². The molecule has 2 aromatic carbocycles. The predicted octanol–water partition coefficient (Wildman–Crippen LogP) is 1.96. The van der Waals surface area contributed by atoms with E-state index < -0.39 is 15.4 Å². The second kappa shape index (κ2) is 6.40. The molecular formula is C17H16N4O3S. The Bertz CT molecular complexity index is 1060. The van der Waals surface area contributed by atoms with Gasteiger partial charge in [-0.15, -0.1) is 0 Å². The molecule has 0 fully saturated rings. The maximum atomic E-state index is 11.7. The van der Waals surface area contributed by atoms with E-state index in [4.69, 9.17) is 5.73 Å². The minimum atomic E-state index is -3.30. The van der Waals surface area contributed by atoms with Gasteiger partial charge >= 0.3 is 0 Å². The highest BCUT2D eigenvalue weighted by Gasteiger charge is 2.12. The second-order valence-electron chi connectivity index (χ2n) is 5.44. The molecule has 0 aliphatic heterocycles. The van der Waals surface area contributed by atoms with Crippen molar-refractivity contribution in [3.63, 3.8) is 0 Å². The van der Waals surface area contributed by atoms with Crippen LogP contribution in [0.3, 0.4) is 0 Å². The summed E-state index contributed by atoms with van der Waals surface area (Å²) in [5, 5.41) is 3.05. The van der Waals surface area contributed by atoms with E-state index in [0.717, 1.165) is 11.9 Å². The summed E-state index contributed by atoms with van der Waals surface area (Å²) >= 11 is 0. The highest BCUT2D eigenvalue weighted by atomic mass is 32.2. The molecule has 3 N–H and O–H groups in total. The Kier molecular flexibility index (Phi) is 4.28. The van der Waals surface area contributed by atoms with Crippen LogP contribution in [0.4, 0.5) is 17.5 Å². The number of rotatable bonds is 4. The Morgan fingerprint density at radius 1 is 1.04 bits per heavy atom. The highest BCUT2D eigenvalue weighted by Crippen LogP contribution is 2.22. The molecule has 1 aromatic heterocycles. The lowest BCUT2D eigenvalue weighted by atomic mass is 10.3. The van der Waals surface area contributed by atoms with Gasteiger partial charge in [0, 0.05) is 18.0 Å². The fourth-order valence-electron chi connectivity index (χ4n) is 2.35. The Labute approximate surface area is 144 Å². The molecule has 0 bridgehead atoms. The lowest BCUT2D eigenvalue weighted by Gasteiger charge is -2.16. The largest absolute Gasteiger partial charge is 0.385 e. The van der Waals surface area contributed by atoms with Crippen molar-refractivity contribution in [2.45, 2.75) is 4.90 Å². The van der Waals surface area contributed by atoms with Crippen LogP contribution in [0.25, 0.3) is 5.69 Å². The monoisotopic (exact) mass is 356 g/mol. The number of hydrogen-bond acceptors (Lipinski definition) is 6. The third kappa shape index (κ3) is 3.69. The van der Waals surface area contributed by atoms with E-state index in [2.05, 4.69) is 10.3 Å². The minimum Gasteiger partial charge on any atom is -0.385 e. The Hall–Kier alpha value is -3.13. The molecule has 0 atom stereocenters. The summed E-state index contributed by atoms with van der Waals surface area (Å²) in [6.07, 6.45) is 1.14. The van der Waals surface area contributed by atoms with Gasteiger partial charge in [-0.25, -0.2) is 8.42 Å². The van der Waals surface area contributed by atoms with Crippen molar-refractivity contribution >= 4 is 27.3 Å². The maximum absolute atomic E-state index is 11.7. The van der Waals surface area contributed by atoms with Crippen LogP contribution in [0.1, 0.15) is 0 Å². The van der Waals surface area contributed by atoms with Crippen LogP contribution in [0.2, 0.25) is 0 Å². The number of aromatic nitrogens is 2. The van der Waals surface area contributed by atoms with Crippen LogP contribution < -0.4 is 16.6 Å². The lowest BCUT2D eigenvalue weighted by Crippen LogP contribution is -2.18. The van der Waals surface area contributed by atoms with Gasteiger partial charge in [-0.05, 0) is 36.4 Å². The number of benzene rings is 2. The molecule has 0 aliphatic carbocycles. The molecule has 0 aliphatic rings. The molecular weight excluding hydrogens is 340 g/mol. The van der Waals surface area contributed by atoms with Crippen molar-refractivity contribution < 1.29 is 8.42 Å². The van der Waals surface area contributed by atoms with Crippen LogP contribution >= 0.6 is 0 Å². The SMILES string of the molecule is CS(=O)(=O)c1ccc(-n2c(N)cc(=O)nc2Nc2ccccc2)cc1. The summed E-state index contributed by atoms with van der Waals surface area (Å²) in [4.78, 5) is 15.9.